The van der Waals surface area contributed by atoms with Crippen LogP contribution in [0, 0.1) is 13.5 Å². The molecule has 0 N–H and O–H groups in total. The largest absolute Gasteiger partial charge is 3.00 e. The van der Waals surface area contributed by atoms with E-state index >= 15 is 0 Å². The Labute approximate surface area is 194 Å². The summed E-state index contributed by atoms with van der Waals surface area (Å²) >= 11 is 0. The van der Waals surface area contributed by atoms with Gasteiger partial charge in [-0.3, -0.25) is 6.08 Å². The van der Waals surface area contributed by atoms with Crippen LogP contribution in [0.2, 0.25) is 0 Å². The van der Waals surface area contributed by atoms with Gasteiger partial charge >= 0.3 is 21.7 Å². The van der Waals surface area contributed by atoms with Crippen LogP contribution < -0.4 is 0 Å². The van der Waals surface area contributed by atoms with Crippen molar-refractivity contribution in [1.29, 1.82) is 0 Å². The molecule has 0 spiro atoms. The second-order valence-corrected chi connectivity index (χ2v) is 6.02. The Kier molecular flexibility index (Phi) is 63.1. The van der Waals surface area contributed by atoms with Crippen LogP contribution in [0.4, 0.5) is 0 Å². The Morgan fingerprint density at radius 2 is 0.893 bits per heavy atom. The topological polar surface area (TPSA) is 42.3 Å². The average molecular weight is 429 g/mol. The fraction of sp³-hybridized carbons (Fsp3) is 0.792. The Morgan fingerprint density at radius 3 is 1.00 bits per heavy atom. The molecule has 0 amide bonds. The van der Waals surface area contributed by atoms with E-state index in [9.17, 15) is 0 Å². The van der Waals surface area contributed by atoms with Crippen LogP contribution in [-0.4, -0.2) is 39.3 Å². The predicted molar refractivity (Wildman–Crippen MR) is 129 cm³/mol. The minimum Gasteiger partial charge on any atom is -0.662 e. The van der Waals surface area contributed by atoms with Crippen LogP contribution in [0.5, 0.6) is 0 Å². The molecule has 0 unspecified atom stereocenters. The molecule has 0 atom stereocenters. The van der Waals surface area contributed by atoms with Crippen LogP contribution in [0.15, 0.2) is 18.2 Å². The zero-order valence-electron chi connectivity index (χ0n) is 20.3. The van der Waals surface area contributed by atoms with E-state index in [0.29, 0.717) is 0 Å². The number of hydrogen-bond acceptors (Lipinski definition) is 0. The van der Waals surface area contributed by atoms with Gasteiger partial charge in [0.1, 0.15) is 0 Å². The number of rotatable bonds is 12. The maximum atomic E-state index is 4.21. The van der Waals surface area contributed by atoms with Crippen LogP contribution in [0.1, 0.15) is 86.5 Å². The molecule has 1 rings (SSSR count). The molecule has 1 aliphatic rings. The number of hydrogen-bond donors (Lipinski definition) is 0. The molecule has 0 aromatic rings. The minimum absolute atomic E-state index is 0. The van der Waals surface area contributed by atoms with Crippen molar-refractivity contribution < 1.29 is 21.7 Å². The summed E-state index contributed by atoms with van der Waals surface area (Å²) in [5.74, 6) is 0. The molecule has 0 bridgehead atoms. The maximum Gasteiger partial charge on any atom is 3.00 e. The third-order valence-corrected chi connectivity index (χ3v) is 2.88. The summed E-state index contributed by atoms with van der Waals surface area (Å²) in [5, 5.41) is 12.6. The van der Waals surface area contributed by atoms with Gasteiger partial charge in [-0.15, -0.1) is 45.7 Å². The fourth-order valence-electron chi connectivity index (χ4n) is 1.62. The van der Waals surface area contributed by atoms with Crippen LogP contribution >= 0.6 is 0 Å². The third-order valence-electron chi connectivity index (χ3n) is 2.88. The summed E-state index contributed by atoms with van der Waals surface area (Å²) in [6, 6.07) is 0. The SMILES string of the molecule is CCC[N-]CCC.CCC[N-]CCC.CCC[N-]CCC.[C-]1=CC=CC1.[CH3-].[Ti+3]. The minimum atomic E-state index is 0. The van der Waals surface area contributed by atoms with E-state index in [-0.39, 0.29) is 29.1 Å². The van der Waals surface area contributed by atoms with E-state index in [4.69, 9.17) is 0 Å². The monoisotopic (exact) mass is 428 g/mol. The van der Waals surface area contributed by atoms with Crippen molar-refractivity contribution in [3.63, 3.8) is 0 Å². The molecular formula is C24H50N3Ti-2. The molecule has 1 aliphatic carbocycles. The molecule has 0 heterocycles. The fourth-order valence-corrected chi connectivity index (χ4v) is 1.62. The average Bonchev–Trinajstić information content (AvgIpc) is 3.24. The molecule has 0 aromatic carbocycles. The normalized spacial score (nSPS) is 10.2. The quantitative estimate of drug-likeness (QED) is 0.170. The third kappa shape index (κ3) is 56.2. The predicted octanol–water partition coefficient (Wildman–Crippen LogP) is 8.29. The molecule has 0 fully saturated rings. The van der Waals surface area contributed by atoms with Crippen molar-refractivity contribution in [2.75, 3.05) is 39.3 Å². The van der Waals surface area contributed by atoms with Crippen molar-refractivity contribution >= 4 is 0 Å². The van der Waals surface area contributed by atoms with E-state index in [0.717, 1.165) is 45.7 Å². The van der Waals surface area contributed by atoms with E-state index in [1.165, 1.54) is 38.5 Å². The smallest absolute Gasteiger partial charge is 0.662 e. The van der Waals surface area contributed by atoms with E-state index in [1.54, 1.807) is 0 Å². The summed E-state index contributed by atoms with van der Waals surface area (Å²) < 4.78 is 0. The Balaban J connectivity index is -0.0000000824. The van der Waals surface area contributed by atoms with E-state index in [2.05, 4.69) is 69.6 Å². The zero-order chi connectivity index (χ0) is 20.1. The van der Waals surface area contributed by atoms with Gasteiger partial charge < -0.3 is 23.4 Å². The first-order valence-corrected chi connectivity index (χ1v) is 10.9. The standard InChI is InChI=1S/3C6H14N.C5H5.CH3.Ti/c3*1-3-5-7-6-4-2;1-2-4-5-3-1;;/h3*3-6H2,1-2H3;1-3H,4H2;1H3;/q5*-1;+3. The molecule has 0 aromatic heterocycles. The first kappa shape index (κ1) is 38.7. The Hall–Kier alpha value is 0.0743. The molecule has 4 heteroatoms. The van der Waals surface area contributed by atoms with Gasteiger partial charge in [-0.2, -0.15) is 6.08 Å². The second kappa shape index (κ2) is 45.7. The Morgan fingerprint density at radius 1 is 0.607 bits per heavy atom. The van der Waals surface area contributed by atoms with Gasteiger partial charge in [0.2, 0.25) is 0 Å². The first-order valence-electron chi connectivity index (χ1n) is 10.9. The van der Waals surface area contributed by atoms with Crippen molar-refractivity contribution in [2.24, 2.45) is 0 Å². The van der Waals surface area contributed by atoms with E-state index < -0.39 is 0 Å². The van der Waals surface area contributed by atoms with Crippen molar-refractivity contribution in [1.82, 2.24) is 0 Å². The molecule has 1 radical (unpaired) electrons. The van der Waals surface area contributed by atoms with Gasteiger partial charge in [-0.1, -0.05) is 80.1 Å². The molecule has 167 valence electrons. The molecule has 0 aliphatic heterocycles. The Bertz CT molecular complexity index is 210. The van der Waals surface area contributed by atoms with Gasteiger partial charge in [0.25, 0.3) is 0 Å². The van der Waals surface area contributed by atoms with Gasteiger partial charge in [-0.05, 0) is 0 Å². The van der Waals surface area contributed by atoms with Gasteiger partial charge in [0.05, 0.1) is 0 Å². The second-order valence-electron chi connectivity index (χ2n) is 6.02. The summed E-state index contributed by atoms with van der Waals surface area (Å²) in [6.45, 7) is 19.2. The summed E-state index contributed by atoms with van der Waals surface area (Å²) in [5.41, 5.74) is 0. The number of nitrogens with zero attached hydrogens (tertiary/aromatic N) is 3. The molecule has 3 nitrogen and oxygen atoms in total. The van der Waals surface area contributed by atoms with Crippen LogP contribution in [-0.2, 0) is 21.7 Å². The summed E-state index contributed by atoms with van der Waals surface area (Å²) in [6.07, 6.45) is 17.2. The maximum absolute atomic E-state index is 4.21. The molecule has 0 saturated carbocycles. The molecular weight excluding hydrogens is 378 g/mol. The zero-order valence-corrected chi connectivity index (χ0v) is 21.8. The first-order chi connectivity index (χ1) is 12.7. The molecule has 0 saturated heterocycles. The van der Waals surface area contributed by atoms with Gasteiger partial charge in [0, 0.05) is 0 Å². The van der Waals surface area contributed by atoms with Gasteiger partial charge in [-0.25, -0.2) is 12.2 Å². The number of allylic oxidation sites excluding steroid dienone is 4. The van der Waals surface area contributed by atoms with Crippen LogP contribution in [0.3, 0.4) is 0 Å². The van der Waals surface area contributed by atoms with Gasteiger partial charge in [0.15, 0.2) is 0 Å². The van der Waals surface area contributed by atoms with Crippen molar-refractivity contribution in [3.05, 3.63) is 47.7 Å². The van der Waals surface area contributed by atoms with Crippen LogP contribution in [0.25, 0.3) is 16.0 Å². The molecule has 28 heavy (non-hydrogen) atoms. The van der Waals surface area contributed by atoms with Crippen molar-refractivity contribution in [2.45, 2.75) is 86.5 Å². The van der Waals surface area contributed by atoms with Crippen molar-refractivity contribution in [3.8, 4) is 0 Å². The summed E-state index contributed by atoms with van der Waals surface area (Å²) in [4.78, 5) is 0. The summed E-state index contributed by atoms with van der Waals surface area (Å²) in [7, 11) is 0. The van der Waals surface area contributed by atoms with E-state index in [1.807, 2.05) is 12.2 Å².